The predicted octanol–water partition coefficient (Wildman–Crippen LogP) is 3.66. The zero-order chi connectivity index (χ0) is 21.3. The number of anilines is 3. The number of hydrogen-bond donors (Lipinski definition) is 2. The summed E-state index contributed by atoms with van der Waals surface area (Å²) >= 11 is 0. The lowest BCUT2D eigenvalue weighted by Crippen LogP contribution is -2.32. The lowest BCUT2D eigenvalue weighted by molar-refractivity contribution is -0.0720. The molecule has 3 aromatic rings. The number of aromatic nitrogens is 2. The number of benzene rings is 2. The lowest BCUT2D eigenvalue weighted by atomic mass is 10.1. The van der Waals surface area contributed by atoms with Crippen LogP contribution in [0.15, 0.2) is 36.7 Å². The van der Waals surface area contributed by atoms with Crippen molar-refractivity contribution in [2.24, 2.45) is 0 Å². The van der Waals surface area contributed by atoms with Gasteiger partial charge in [0.15, 0.2) is 0 Å². The molecule has 2 atom stereocenters. The maximum absolute atomic E-state index is 13.8. The first-order valence-corrected chi connectivity index (χ1v) is 11.6. The van der Waals surface area contributed by atoms with Gasteiger partial charge in [-0.05, 0) is 42.6 Å². The third-order valence-corrected chi connectivity index (χ3v) is 5.35. The number of nitrogens with zero attached hydrogens (tertiary/aromatic N) is 2. The molecular formula is C21H23FN4O3S. The van der Waals surface area contributed by atoms with Gasteiger partial charge in [-0.15, -0.1) is 0 Å². The summed E-state index contributed by atoms with van der Waals surface area (Å²) in [5.41, 5.74) is 2.81. The van der Waals surface area contributed by atoms with E-state index in [1.54, 1.807) is 12.1 Å². The molecule has 1 aliphatic rings. The highest BCUT2D eigenvalue weighted by atomic mass is 32.2. The summed E-state index contributed by atoms with van der Waals surface area (Å²) in [4.78, 5) is 8.71. The van der Waals surface area contributed by atoms with E-state index < -0.39 is 9.71 Å². The summed E-state index contributed by atoms with van der Waals surface area (Å²) in [6.45, 7) is 3.00. The van der Waals surface area contributed by atoms with E-state index in [-0.39, 0.29) is 11.9 Å². The number of hydrogen-bond acceptors (Lipinski definition) is 6. The van der Waals surface area contributed by atoms with Gasteiger partial charge in [0.25, 0.3) is 0 Å². The van der Waals surface area contributed by atoms with Gasteiger partial charge in [-0.3, -0.25) is 0 Å². The summed E-state index contributed by atoms with van der Waals surface area (Å²) < 4.78 is 39.9. The van der Waals surface area contributed by atoms with Gasteiger partial charge in [-0.25, -0.2) is 18.6 Å². The van der Waals surface area contributed by atoms with Crippen LogP contribution in [-0.4, -0.2) is 45.6 Å². The van der Waals surface area contributed by atoms with Crippen molar-refractivity contribution in [2.75, 3.05) is 29.5 Å². The maximum atomic E-state index is 13.8. The minimum atomic E-state index is -2.41. The Morgan fingerprint density at radius 2 is 2.13 bits per heavy atom. The van der Waals surface area contributed by atoms with Gasteiger partial charge in [-0.1, -0.05) is 0 Å². The van der Waals surface area contributed by atoms with E-state index in [0.29, 0.717) is 35.1 Å². The summed E-state index contributed by atoms with van der Waals surface area (Å²) in [6.07, 6.45) is 3.94. The van der Waals surface area contributed by atoms with Gasteiger partial charge >= 0.3 is 0 Å². The van der Waals surface area contributed by atoms with Crippen molar-refractivity contribution < 1.29 is 18.1 Å². The standard InChI is InChI=1S/C21H23FN4O3S/c1-13-8-15(26-30(2,3)27)10-18-20(13)21(24-12-23-18)25-17-5-4-14(22)9-19(17)29-11-16-6-7-28-16/h4-5,8-10,12,16H,2,6-7,11H2,1,3H3,(H,26,27)(H,23,24,25). The highest BCUT2D eigenvalue weighted by Gasteiger charge is 2.20. The third kappa shape index (κ3) is 4.63. The first kappa shape index (κ1) is 20.4. The highest BCUT2D eigenvalue weighted by molar-refractivity contribution is 8.00. The highest BCUT2D eigenvalue weighted by Crippen LogP contribution is 2.33. The average molecular weight is 431 g/mol. The molecule has 0 bridgehead atoms. The molecule has 0 aliphatic carbocycles. The molecule has 0 amide bonds. The normalized spacial score (nSPS) is 17.8. The molecule has 1 aromatic heterocycles. The van der Waals surface area contributed by atoms with Gasteiger partial charge < -0.3 is 19.5 Å². The smallest absolute Gasteiger partial charge is 0.145 e. The zero-order valence-corrected chi connectivity index (χ0v) is 17.6. The Hall–Kier alpha value is -2.91. The van der Waals surface area contributed by atoms with Crippen LogP contribution in [0, 0.1) is 12.7 Å². The van der Waals surface area contributed by atoms with Gasteiger partial charge in [0, 0.05) is 46.1 Å². The third-order valence-electron chi connectivity index (χ3n) is 4.68. The summed E-state index contributed by atoms with van der Waals surface area (Å²) in [7, 11) is -2.41. The maximum Gasteiger partial charge on any atom is 0.145 e. The Labute approximate surface area is 174 Å². The molecule has 2 aromatic carbocycles. The molecule has 2 unspecified atom stereocenters. The number of nitrogens with one attached hydrogen (secondary N) is 2. The van der Waals surface area contributed by atoms with Gasteiger partial charge in [-0.2, -0.15) is 0 Å². The molecule has 0 radical (unpaired) electrons. The monoisotopic (exact) mass is 430 g/mol. The van der Waals surface area contributed by atoms with Crippen LogP contribution < -0.4 is 14.8 Å². The van der Waals surface area contributed by atoms with Crippen LogP contribution >= 0.6 is 0 Å². The molecular weight excluding hydrogens is 407 g/mol. The van der Waals surface area contributed by atoms with E-state index in [9.17, 15) is 8.60 Å². The van der Waals surface area contributed by atoms with Crippen molar-refractivity contribution in [2.45, 2.75) is 19.4 Å². The number of ether oxygens (including phenoxy) is 2. The molecule has 0 saturated carbocycles. The predicted molar refractivity (Wildman–Crippen MR) is 119 cm³/mol. The lowest BCUT2D eigenvalue weighted by Gasteiger charge is -2.26. The average Bonchev–Trinajstić information content (AvgIpc) is 2.61. The number of rotatable bonds is 7. The van der Waals surface area contributed by atoms with Crippen LogP contribution in [0.5, 0.6) is 5.75 Å². The molecule has 4 rings (SSSR count). The topological polar surface area (TPSA) is 85.4 Å². The molecule has 1 fully saturated rings. The largest absolute Gasteiger partial charge is 0.489 e. The molecule has 7 nitrogen and oxygen atoms in total. The fourth-order valence-electron chi connectivity index (χ4n) is 3.24. The summed E-state index contributed by atoms with van der Waals surface area (Å²) in [6, 6.07) is 7.96. The van der Waals surface area contributed by atoms with Crippen molar-refractivity contribution in [3.8, 4) is 5.75 Å². The molecule has 2 N–H and O–H groups in total. The van der Waals surface area contributed by atoms with E-state index in [0.717, 1.165) is 24.0 Å². The van der Waals surface area contributed by atoms with Crippen LogP contribution in [0.3, 0.4) is 0 Å². The van der Waals surface area contributed by atoms with E-state index in [2.05, 4.69) is 25.9 Å². The second-order valence-electron chi connectivity index (χ2n) is 7.37. The molecule has 0 spiro atoms. The quantitative estimate of drug-likeness (QED) is 0.557. The summed E-state index contributed by atoms with van der Waals surface area (Å²) in [5, 5.41) is 4.04. The number of fused-ring (bicyclic) bond motifs is 1. The van der Waals surface area contributed by atoms with E-state index >= 15 is 0 Å². The van der Waals surface area contributed by atoms with Crippen molar-refractivity contribution in [3.63, 3.8) is 0 Å². The molecule has 1 saturated heterocycles. The minimum absolute atomic E-state index is 0.0380. The molecule has 158 valence electrons. The van der Waals surface area contributed by atoms with Gasteiger partial charge in [0.05, 0.1) is 17.3 Å². The number of halogens is 1. The van der Waals surface area contributed by atoms with Gasteiger partial charge in [0.1, 0.15) is 30.3 Å². The number of aryl methyl sites for hydroxylation is 1. The summed E-state index contributed by atoms with van der Waals surface area (Å²) in [5.74, 6) is 4.18. The van der Waals surface area contributed by atoms with Crippen molar-refractivity contribution in [1.82, 2.24) is 9.97 Å². The van der Waals surface area contributed by atoms with Crippen LogP contribution in [0.25, 0.3) is 10.9 Å². The molecule has 2 heterocycles. The van der Waals surface area contributed by atoms with Crippen LogP contribution in [0.4, 0.5) is 21.6 Å². The van der Waals surface area contributed by atoms with E-state index in [1.165, 1.54) is 24.7 Å². The second kappa shape index (κ2) is 8.08. The Balaban J connectivity index is 1.67. The molecule has 9 heteroatoms. The fraction of sp³-hybridized carbons (Fsp3) is 0.286. The van der Waals surface area contributed by atoms with Gasteiger partial charge in [0.2, 0.25) is 0 Å². The Morgan fingerprint density at radius 3 is 2.83 bits per heavy atom. The second-order valence-corrected chi connectivity index (χ2v) is 9.59. The van der Waals surface area contributed by atoms with Crippen LogP contribution in [0.2, 0.25) is 0 Å². The Kier molecular flexibility index (Phi) is 5.48. The Morgan fingerprint density at radius 1 is 1.33 bits per heavy atom. The first-order chi connectivity index (χ1) is 14.3. The van der Waals surface area contributed by atoms with E-state index in [4.69, 9.17) is 9.47 Å². The SMILES string of the molecule is C=S(C)(=O)Nc1cc(C)c2c(Nc3ccc(F)cc3OCC3CCO3)ncnc2c1. The Bertz CT molecular complexity index is 1200. The molecule has 30 heavy (non-hydrogen) atoms. The zero-order valence-electron chi connectivity index (χ0n) is 16.8. The van der Waals surface area contributed by atoms with Crippen molar-refractivity contribution in [1.29, 1.82) is 0 Å². The van der Waals surface area contributed by atoms with Crippen molar-refractivity contribution >= 4 is 43.7 Å². The van der Waals surface area contributed by atoms with Crippen molar-refractivity contribution in [3.05, 3.63) is 48.0 Å². The van der Waals surface area contributed by atoms with Crippen LogP contribution in [-0.2, 0) is 14.4 Å². The van der Waals surface area contributed by atoms with E-state index in [1.807, 2.05) is 13.0 Å². The first-order valence-electron chi connectivity index (χ1n) is 9.45. The molecule has 1 aliphatic heterocycles. The fourth-order valence-corrected chi connectivity index (χ4v) is 3.86. The minimum Gasteiger partial charge on any atom is -0.489 e. The van der Waals surface area contributed by atoms with Crippen LogP contribution in [0.1, 0.15) is 12.0 Å².